The molecule has 1 aliphatic carbocycles. The quantitative estimate of drug-likeness (QED) is 0.641. The summed E-state index contributed by atoms with van der Waals surface area (Å²) in [5, 5.41) is 9.79. The number of nitrogens with zero attached hydrogens (tertiary/aromatic N) is 2. The van der Waals surface area contributed by atoms with Crippen molar-refractivity contribution in [2.75, 3.05) is 27.3 Å². The number of nitrogens with two attached hydrogens (primary N) is 1. The lowest BCUT2D eigenvalue weighted by Gasteiger charge is -2.18. The Morgan fingerprint density at radius 1 is 1.55 bits per heavy atom. The van der Waals surface area contributed by atoms with Gasteiger partial charge in [0, 0.05) is 27.1 Å². The molecule has 0 amide bonds. The first kappa shape index (κ1) is 15.0. The zero-order valence-corrected chi connectivity index (χ0v) is 12.3. The fraction of sp³-hybridized carbons (Fsp3) is 0.533. The number of amidine groups is 1. The molecule has 0 unspecified atom stereocenters. The number of methoxy groups -OCH3 is 1. The second-order valence-electron chi connectivity index (χ2n) is 5.25. The maximum Gasteiger partial charge on any atom is 0.101 e. The Labute approximate surface area is 120 Å². The Kier molecular flexibility index (Phi) is 4.75. The van der Waals surface area contributed by atoms with Crippen LogP contribution >= 0.6 is 0 Å². The van der Waals surface area contributed by atoms with Gasteiger partial charge in [-0.05, 0) is 30.2 Å². The lowest BCUT2D eigenvalue weighted by atomic mass is 10.1. The van der Waals surface area contributed by atoms with Gasteiger partial charge >= 0.3 is 0 Å². The fourth-order valence-electron chi connectivity index (χ4n) is 2.37. The van der Waals surface area contributed by atoms with Crippen molar-refractivity contribution in [1.82, 2.24) is 4.90 Å². The predicted octanol–water partition coefficient (Wildman–Crippen LogP) is 1.23. The molecule has 20 heavy (non-hydrogen) atoms. The topological polar surface area (TPSA) is 71.1 Å². The molecule has 0 spiro atoms. The van der Waals surface area contributed by atoms with E-state index in [0.717, 1.165) is 29.2 Å². The van der Waals surface area contributed by atoms with Gasteiger partial charge in [0.05, 0.1) is 24.4 Å². The Balaban J connectivity index is 2.15. The minimum Gasteiger partial charge on any atom is -0.391 e. The first-order valence-electron chi connectivity index (χ1n) is 6.84. The highest BCUT2D eigenvalue weighted by atomic mass is 16.5. The fourth-order valence-corrected chi connectivity index (χ4v) is 2.37. The second kappa shape index (κ2) is 6.35. The number of rotatable bonds is 4. The molecule has 0 fully saturated rings. The normalized spacial score (nSPS) is 21.9. The summed E-state index contributed by atoms with van der Waals surface area (Å²) in [6.07, 6.45) is 0.155. The minimum atomic E-state index is -0.477. The average molecular weight is 277 g/mol. The summed E-state index contributed by atoms with van der Waals surface area (Å²) in [5.74, 6) is 0.925. The highest BCUT2D eigenvalue weighted by Crippen LogP contribution is 2.32. The monoisotopic (exact) mass is 277 g/mol. The van der Waals surface area contributed by atoms with E-state index < -0.39 is 6.10 Å². The number of aliphatic hydroxyl groups excluding tert-OH is 1. The Morgan fingerprint density at radius 2 is 2.30 bits per heavy atom. The van der Waals surface area contributed by atoms with Gasteiger partial charge in [-0.1, -0.05) is 6.07 Å². The molecule has 3 N–H and O–H groups in total. The van der Waals surface area contributed by atoms with Gasteiger partial charge in [0.1, 0.15) is 5.84 Å². The van der Waals surface area contributed by atoms with Crippen LogP contribution in [0.4, 0.5) is 5.69 Å². The first-order valence-corrected chi connectivity index (χ1v) is 6.84. The number of aliphatic hydroxyl groups is 1. The highest BCUT2D eigenvalue weighted by Gasteiger charge is 2.27. The average Bonchev–Trinajstić information content (AvgIpc) is 2.71. The lowest BCUT2D eigenvalue weighted by molar-refractivity contribution is 0.158. The van der Waals surface area contributed by atoms with Gasteiger partial charge in [-0.3, -0.25) is 0 Å². The maximum atomic E-state index is 9.79. The van der Waals surface area contributed by atoms with Crippen molar-refractivity contribution in [3.05, 3.63) is 29.3 Å². The SMILES string of the molecule is COCCN(C)C(C)=Nc1ccc2c(c1)[C@@H](N)[C@H](O)C2. The molecule has 0 bridgehead atoms. The lowest BCUT2D eigenvalue weighted by Crippen LogP contribution is -2.27. The molecule has 0 radical (unpaired) electrons. The summed E-state index contributed by atoms with van der Waals surface area (Å²) in [6.45, 7) is 3.44. The van der Waals surface area contributed by atoms with Gasteiger partial charge in [0.2, 0.25) is 0 Å². The molecule has 0 saturated heterocycles. The zero-order chi connectivity index (χ0) is 14.7. The van der Waals surface area contributed by atoms with Crippen LogP contribution in [0.25, 0.3) is 0 Å². The van der Waals surface area contributed by atoms with E-state index >= 15 is 0 Å². The number of hydrogen-bond donors (Lipinski definition) is 2. The van der Waals surface area contributed by atoms with E-state index in [4.69, 9.17) is 10.5 Å². The van der Waals surface area contributed by atoms with Crippen LogP contribution in [0.3, 0.4) is 0 Å². The first-order chi connectivity index (χ1) is 9.52. The molecular weight excluding hydrogens is 254 g/mol. The third-order valence-electron chi connectivity index (χ3n) is 3.81. The molecule has 1 aliphatic rings. The van der Waals surface area contributed by atoms with E-state index in [9.17, 15) is 5.11 Å². The van der Waals surface area contributed by atoms with E-state index in [1.54, 1.807) is 7.11 Å². The number of benzene rings is 1. The van der Waals surface area contributed by atoms with Crippen LogP contribution in [0.2, 0.25) is 0 Å². The summed E-state index contributed by atoms with van der Waals surface area (Å²) in [4.78, 5) is 6.65. The molecule has 1 aromatic carbocycles. The summed E-state index contributed by atoms with van der Waals surface area (Å²) < 4.78 is 5.06. The molecule has 110 valence electrons. The Morgan fingerprint density at radius 3 is 3.00 bits per heavy atom. The van der Waals surface area contributed by atoms with E-state index in [1.165, 1.54) is 0 Å². The summed E-state index contributed by atoms with van der Waals surface area (Å²) >= 11 is 0. The van der Waals surface area contributed by atoms with Crippen molar-refractivity contribution in [2.24, 2.45) is 10.7 Å². The predicted molar refractivity (Wildman–Crippen MR) is 80.4 cm³/mol. The van der Waals surface area contributed by atoms with Crippen molar-refractivity contribution < 1.29 is 9.84 Å². The van der Waals surface area contributed by atoms with E-state index in [1.807, 2.05) is 37.1 Å². The van der Waals surface area contributed by atoms with Crippen LogP contribution < -0.4 is 5.73 Å². The van der Waals surface area contributed by atoms with Crippen LogP contribution in [0.5, 0.6) is 0 Å². The van der Waals surface area contributed by atoms with Gasteiger partial charge in [0.25, 0.3) is 0 Å². The molecule has 2 atom stereocenters. The van der Waals surface area contributed by atoms with Crippen LogP contribution in [0.15, 0.2) is 23.2 Å². The van der Waals surface area contributed by atoms with Gasteiger partial charge in [-0.2, -0.15) is 0 Å². The largest absolute Gasteiger partial charge is 0.391 e. The van der Waals surface area contributed by atoms with Crippen LogP contribution in [-0.4, -0.2) is 49.3 Å². The molecule has 0 aliphatic heterocycles. The second-order valence-corrected chi connectivity index (χ2v) is 5.25. The van der Waals surface area contributed by atoms with E-state index in [2.05, 4.69) is 4.99 Å². The van der Waals surface area contributed by atoms with Gasteiger partial charge in [0.15, 0.2) is 0 Å². The van der Waals surface area contributed by atoms with Crippen molar-refractivity contribution in [3.8, 4) is 0 Å². The van der Waals surface area contributed by atoms with Gasteiger partial charge in [-0.25, -0.2) is 4.99 Å². The molecular formula is C15H23N3O2. The molecule has 5 nitrogen and oxygen atoms in total. The number of ether oxygens (including phenoxy) is 1. The van der Waals surface area contributed by atoms with Crippen LogP contribution in [0, 0.1) is 0 Å². The van der Waals surface area contributed by atoms with E-state index in [0.29, 0.717) is 13.0 Å². The Hall–Kier alpha value is -1.43. The standard InChI is InChI=1S/C15H23N3O2/c1-10(18(2)6-7-20-3)17-12-5-4-11-8-14(19)15(16)13(11)9-12/h4-5,9,14-15,19H,6-8,16H2,1-3H3/t14-,15-/m1/s1. The highest BCUT2D eigenvalue weighted by molar-refractivity contribution is 5.82. The Bertz CT molecular complexity index is 502. The third-order valence-corrected chi connectivity index (χ3v) is 3.81. The molecule has 0 aromatic heterocycles. The molecule has 1 aromatic rings. The smallest absolute Gasteiger partial charge is 0.101 e. The zero-order valence-electron chi connectivity index (χ0n) is 12.3. The van der Waals surface area contributed by atoms with Gasteiger partial charge < -0.3 is 20.5 Å². The number of likely N-dealkylation sites (N-methyl/N-ethyl adjacent to an activating group) is 1. The minimum absolute atomic E-state index is 0.299. The van der Waals surface area contributed by atoms with Crippen molar-refractivity contribution >= 4 is 11.5 Å². The molecule has 0 heterocycles. The van der Waals surface area contributed by atoms with Crippen LogP contribution in [-0.2, 0) is 11.2 Å². The number of fused-ring (bicyclic) bond motifs is 1. The molecule has 5 heteroatoms. The van der Waals surface area contributed by atoms with Crippen molar-refractivity contribution in [2.45, 2.75) is 25.5 Å². The third kappa shape index (κ3) is 3.17. The van der Waals surface area contributed by atoms with Gasteiger partial charge in [-0.15, -0.1) is 0 Å². The van der Waals surface area contributed by atoms with Crippen molar-refractivity contribution in [3.63, 3.8) is 0 Å². The van der Waals surface area contributed by atoms with Crippen molar-refractivity contribution in [1.29, 1.82) is 0 Å². The summed E-state index contributed by atoms with van der Waals surface area (Å²) in [5.41, 5.74) is 8.99. The number of hydrogen-bond acceptors (Lipinski definition) is 4. The molecule has 2 rings (SSSR count). The van der Waals surface area contributed by atoms with E-state index in [-0.39, 0.29) is 6.04 Å². The maximum absolute atomic E-state index is 9.79. The molecule has 0 saturated carbocycles. The summed E-state index contributed by atoms with van der Waals surface area (Å²) in [6, 6.07) is 5.65. The summed E-state index contributed by atoms with van der Waals surface area (Å²) in [7, 11) is 3.67. The number of aliphatic imine (C=N–C) groups is 1. The van der Waals surface area contributed by atoms with Crippen LogP contribution in [0.1, 0.15) is 24.1 Å².